The number of hydrogen-bond donors (Lipinski definition) is 3. The van der Waals surface area contributed by atoms with Crippen molar-refractivity contribution in [1.29, 1.82) is 0 Å². The van der Waals surface area contributed by atoms with Crippen molar-refractivity contribution >= 4 is 5.91 Å². The van der Waals surface area contributed by atoms with E-state index in [0.717, 1.165) is 50.4 Å². The Balaban J connectivity index is 1.60. The van der Waals surface area contributed by atoms with Crippen LogP contribution in [0.2, 0.25) is 0 Å². The zero-order valence-corrected chi connectivity index (χ0v) is 12.8. The number of nitrogens with zero attached hydrogens (tertiary/aromatic N) is 1. The minimum absolute atomic E-state index is 0.0432. The van der Waals surface area contributed by atoms with Crippen LogP contribution in [0, 0.1) is 5.92 Å². The van der Waals surface area contributed by atoms with Gasteiger partial charge in [0, 0.05) is 26.2 Å². The molecule has 3 aliphatic rings. The van der Waals surface area contributed by atoms with Crippen molar-refractivity contribution in [2.45, 2.75) is 32.4 Å². The van der Waals surface area contributed by atoms with Crippen LogP contribution < -0.4 is 16.0 Å². The lowest BCUT2D eigenvalue weighted by atomic mass is 10.1. The summed E-state index contributed by atoms with van der Waals surface area (Å²) in [5.41, 5.74) is 1.76. The maximum atomic E-state index is 12.3. The summed E-state index contributed by atoms with van der Waals surface area (Å²) in [5.74, 6) is 0.753. The summed E-state index contributed by atoms with van der Waals surface area (Å²) in [5, 5.41) is 9.89. The Kier molecular flexibility index (Phi) is 4.60. The molecule has 5 heteroatoms. The molecule has 1 atom stereocenters. The van der Waals surface area contributed by atoms with Gasteiger partial charge in [-0.25, -0.2) is 0 Å². The molecule has 21 heavy (non-hydrogen) atoms. The largest absolute Gasteiger partial charge is 0.362 e. The van der Waals surface area contributed by atoms with Crippen LogP contribution in [-0.4, -0.2) is 49.7 Å². The summed E-state index contributed by atoms with van der Waals surface area (Å²) >= 11 is 0. The van der Waals surface area contributed by atoms with Crippen molar-refractivity contribution in [2.24, 2.45) is 5.92 Å². The molecular weight excluding hydrogens is 264 g/mol. The maximum absolute atomic E-state index is 12.3. The van der Waals surface area contributed by atoms with Crippen molar-refractivity contribution in [3.05, 3.63) is 23.4 Å². The molecule has 2 heterocycles. The first-order chi connectivity index (χ1) is 10.2. The monoisotopic (exact) mass is 290 g/mol. The topological polar surface area (TPSA) is 56.4 Å². The van der Waals surface area contributed by atoms with Gasteiger partial charge in [0.2, 0.25) is 0 Å². The molecule has 1 amide bonds. The number of carbonyl (C=O) groups is 1. The van der Waals surface area contributed by atoms with Gasteiger partial charge in [-0.1, -0.05) is 6.08 Å². The highest BCUT2D eigenvalue weighted by Crippen LogP contribution is 2.27. The van der Waals surface area contributed by atoms with Gasteiger partial charge in [-0.2, -0.15) is 0 Å². The van der Waals surface area contributed by atoms with Crippen LogP contribution in [-0.2, 0) is 4.79 Å². The fraction of sp³-hybridized carbons (Fsp3) is 0.688. The van der Waals surface area contributed by atoms with Crippen LogP contribution >= 0.6 is 0 Å². The van der Waals surface area contributed by atoms with Crippen LogP contribution in [0.15, 0.2) is 23.4 Å². The van der Waals surface area contributed by atoms with E-state index in [2.05, 4.69) is 33.0 Å². The van der Waals surface area contributed by atoms with Gasteiger partial charge in [-0.3, -0.25) is 9.69 Å². The average molecular weight is 290 g/mol. The van der Waals surface area contributed by atoms with E-state index in [1.807, 2.05) is 6.92 Å². The Labute approximate surface area is 126 Å². The molecule has 1 saturated heterocycles. The van der Waals surface area contributed by atoms with Gasteiger partial charge >= 0.3 is 0 Å². The Morgan fingerprint density at radius 2 is 2.24 bits per heavy atom. The number of allylic oxidation sites excluding steroid dienone is 2. The van der Waals surface area contributed by atoms with E-state index >= 15 is 0 Å². The van der Waals surface area contributed by atoms with Gasteiger partial charge in [0.25, 0.3) is 5.91 Å². The van der Waals surface area contributed by atoms with Crippen molar-refractivity contribution in [2.75, 3.05) is 32.7 Å². The first kappa shape index (κ1) is 14.6. The highest BCUT2D eigenvalue weighted by atomic mass is 16.2. The zero-order chi connectivity index (χ0) is 14.7. The maximum Gasteiger partial charge on any atom is 0.267 e. The molecule has 2 fully saturated rings. The molecule has 116 valence electrons. The lowest BCUT2D eigenvalue weighted by Gasteiger charge is -2.32. The first-order valence-corrected chi connectivity index (χ1v) is 8.12. The lowest BCUT2D eigenvalue weighted by molar-refractivity contribution is -0.118. The molecule has 0 aromatic heterocycles. The van der Waals surface area contributed by atoms with Gasteiger partial charge in [-0.05, 0) is 50.3 Å². The third-order valence-electron chi connectivity index (χ3n) is 4.46. The van der Waals surface area contributed by atoms with Gasteiger partial charge in [0.1, 0.15) is 5.70 Å². The second-order valence-corrected chi connectivity index (χ2v) is 6.30. The van der Waals surface area contributed by atoms with E-state index in [1.54, 1.807) is 0 Å². The molecule has 1 aliphatic carbocycles. The van der Waals surface area contributed by atoms with Crippen LogP contribution in [0.4, 0.5) is 0 Å². The number of hydrogen-bond acceptors (Lipinski definition) is 4. The average Bonchev–Trinajstić information content (AvgIpc) is 3.32. The SMILES string of the molecule is CC1=C(C(=O)NCC2CC2)NC(N2CCCNCC2)C=C1. The van der Waals surface area contributed by atoms with Crippen LogP contribution in [0.25, 0.3) is 0 Å². The Morgan fingerprint density at radius 1 is 1.38 bits per heavy atom. The number of carbonyl (C=O) groups excluding carboxylic acids is 1. The number of nitrogens with one attached hydrogen (secondary N) is 3. The molecule has 0 spiro atoms. The third-order valence-corrected chi connectivity index (χ3v) is 4.46. The van der Waals surface area contributed by atoms with E-state index in [4.69, 9.17) is 0 Å². The van der Waals surface area contributed by atoms with Crippen molar-refractivity contribution in [3.8, 4) is 0 Å². The third kappa shape index (κ3) is 3.86. The number of amides is 1. The summed E-state index contributed by atoms with van der Waals surface area (Å²) < 4.78 is 0. The van der Waals surface area contributed by atoms with Crippen LogP contribution in [0.5, 0.6) is 0 Å². The first-order valence-electron chi connectivity index (χ1n) is 8.12. The molecule has 1 unspecified atom stereocenters. The molecule has 0 aromatic carbocycles. The van der Waals surface area contributed by atoms with Crippen molar-refractivity contribution < 1.29 is 4.79 Å². The quantitative estimate of drug-likeness (QED) is 0.708. The highest BCUT2D eigenvalue weighted by Gasteiger charge is 2.26. The van der Waals surface area contributed by atoms with E-state index in [-0.39, 0.29) is 12.1 Å². The van der Waals surface area contributed by atoms with Crippen molar-refractivity contribution in [3.63, 3.8) is 0 Å². The molecule has 0 aromatic rings. The normalized spacial score (nSPS) is 27.2. The van der Waals surface area contributed by atoms with E-state index in [9.17, 15) is 4.79 Å². The molecule has 1 saturated carbocycles. The summed E-state index contributed by atoms with van der Waals surface area (Å²) in [4.78, 5) is 14.7. The van der Waals surface area contributed by atoms with E-state index in [1.165, 1.54) is 12.8 Å². The van der Waals surface area contributed by atoms with E-state index in [0.29, 0.717) is 5.92 Å². The summed E-state index contributed by atoms with van der Waals surface area (Å²) in [7, 11) is 0. The molecule has 5 nitrogen and oxygen atoms in total. The Bertz CT molecular complexity index is 445. The van der Waals surface area contributed by atoms with Gasteiger partial charge in [0.15, 0.2) is 0 Å². The number of rotatable bonds is 4. The predicted molar refractivity (Wildman–Crippen MR) is 83.6 cm³/mol. The lowest BCUT2D eigenvalue weighted by Crippen LogP contribution is -2.49. The van der Waals surface area contributed by atoms with Crippen molar-refractivity contribution in [1.82, 2.24) is 20.9 Å². The molecule has 0 radical (unpaired) electrons. The van der Waals surface area contributed by atoms with Gasteiger partial charge < -0.3 is 16.0 Å². The minimum atomic E-state index is 0.0432. The van der Waals surface area contributed by atoms with Gasteiger partial charge in [0.05, 0.1) is 6.17 Å². The fourth-order valence-corrected chi connectivity index (χ4v) is 2.88. The zero-order valence-electron chi connectivity index (χ0n) is 12.8. The molecule has 3 rings (SSSR count). The summed E-state index contributed by atoms with van der Waals surface area (Å²) in [6.07, 6.45) is 8.04. The van der Waals surface area contributed by atoms with E-state index < -0.39 is 0 Å². The number of dihydropyridines is 1. The predicted octanol–water partition coefficient (Wildman–Crippen LogP) is 0.567. The fourth-order valence-electron chi connectivity index (χ4n) is 2.88. The standard InChI is InChI=1S/C16H26N4O/c1-12-3-6-14(20-9-2-7-17-8-10-20)19-15(12)16(21)18-11-13-4-5-13/h3,6,13-14,17,19H,2,4-5,7-11H2,1H3,(H,18,21). The van der Waals surface area contributed by atoms with Crippen LogP contribution in [0.1, 0.15) is 26.2 Å². The summed E-state index contributed by atoms with van der Waals surface area (Å²) in [6, 6.07) is 0. The minimum Gasteiger partial charge on any atom is -0.362 e. The molecule has 3 N–H and O–H groups in total. The Morgan fingerprint density at radius 3 is 3.05 bits per heavy atom. The summed E-state index contributed by atoms with van der Waals surface area (Å²) in [6.45, 7) is 6.98. The molecular formula is C16H26N4O. The highest BCUT2D eigenvalue weighted by molar-refractivity contribution is 5.94. The molecule has 0 bridgehead atoms. The smallest absolute Gasteiger partial charge is 0.267 e. The van der Waals surface area contributed by atoms with Gasteiger partial charge in [-0.15, -0.1) is 0 Å². The second-order valence-electron chi connectivity index (χ2n) is 6.30. The second kappa shape index (κ2) is 6.62. The molecule has 2 aliphatic heterocycles. The van der Waals surface area contributed by atoms with Crippen LogP contribution in [0.3, 0.4) is 0 Å². The Hall–Kier alpha value is -1.33.